The molecule has 0 unspecified atom stereocenters. The van der Waals surface area contributed by atoms with Gasteiger partial charge in [-0.3, -0.25) is 4.79 Å². The number of hydrogen-bond acceptors (Lipinski definition) is 4. The second-order valence-electron chi connectivity index (χ2n) is 5.90. The number of ether oxygens (including phenoxy) is 2. The second-order valence-corrected chi connectivity index (χ2v) is 5.90. The molecule has 0 bridgehead atoms. The highest BCUT2D eigenvalue weighted by molar-refractivity contribution is 5.83. The van der Waals surface area contributed by atoms with Crippen molar-refractivity contribution in [2.75, 3.05) is 6.61 Å². The van der Waals surface area contributed by atoms with Gasteiger partial charge in [-0.05, 0) is 43.7 Å². The van der Waals surface area contributed by atoms with Gasteiger partial charge in [-0.2, -0.15) is 0 Å². The number of carbonyl (C=O) groups is 2. The summed E-state index contributed by atoms with van der Waals surface area (Å²) in [5.41, 5.74) is -0.362. The topological polar surface area (TPSA) is 64.6 Å². The molecule has 1 amide bonds. The van der Waals surface area contributed by atoms with E-state index in [1.165, 1.54) is 38.1 Å². The highest BCUT2D eigenvalue weighted by Gasteiger charge is 2.32. The molecular weight excluding hydrogens is 325 g/mol. The molecule has 5 nitrogen and oxygen atoms in total. The van der Waals surface area contributed by atoms with E-state index in [0.29, 0.717) is 12.3 Å². The lowest BCUT2D eigenvalue weighted by Crippen LogP contribution is -2.41. The quantitative estimate of drug-likeness (QED) is 0.784. The summed E-state index contributed by atoms with van der Waals surface area (Å²) < 4.78 is 23.4. The van der Waals surface area contributed by atoms with E-state index in [-0.39, 0.29) is 0 Å². The van der Waals surface area contributed by atoms with Gasteiger partial charge in [0.25, 0.3) is 5.91 Å². The normalized spacial score (nSPS) is 10.8. The van der Waals surface area contributed by atoms with Crippen molar-refractivity contribution in [2.45, 2.75) is 26.0 Å². The fraction of sp³-hybridized carbons (Fsp3) is 0.263. The van der Waals surface area contributed by atoms with Gasteiger partial charge in [0.1, 0.15) is 11.6 Å². The average Bonchev–Trinajstić information content (AvgIpc) is 2.60. The summed E-state index contributed by atoms with van der Waals surface area (Å²) in [7, 11) is 0. The van der Waals surface area contributed by atoms with Crippen molar-refractivity contribution in [3.63, 3.8) is 0 Å². The van der Waals surface area contributed by atoms with Crippen LogP contribution < -0.4 is 10.1 Å². The van der Waals surface area contributed by atoms with Gasteiger partial charge < -0.3 is 14.8 Å². The van der Waals surface area contributed by atoms with Crippen molar-refractivity contribution in [3.8, 4) is 5.75 Å². The zero-order valence-corrected chi connectivity index (χ0v) is 14.1. The second kappa shape index (κ2) is 8.28. The lowest BCUT2D eigenvalue weighted by Gasteiger charge is -2.24. The smallest absolute Gasteiger partial charge is 0.350 e. The van der Waals surface area contributed by atoms with Crippen molar-refractivity contribution >= 4 is 11.9 Å². The molecule has 2 rings (SSSR count). The molecule has 6 heteroatoms. The highest BCUT2D eigenvalue weighted by atomic mass is 19.1. The van der Waals surface area contributed by atoms with Crippen LogP contribution in [-0.4, -0.2) is 24.1 Å². The fourth-order valence-corrected chi connectivity index (χ4v) is 1.99. The Morgan fingerprint density at radius 3 is 2.32 bits per heavy atom. The molecule has 1 N–H and O–H groups in total. The van der Waals surface area contributed by atoms with Gasteiger partial charge in [-0.1, -0.05) is 30.3 Å². The van der Waals surface area contributed by atoms with Gasteiger partial charge in [0.15, 0.2) is 12.2 Å². The minimum Gasteiger partial charge on any atom is -0.476 e. The zero-order chi connectivity index (χ0) is 18.3. The van der Waals surface area contributed by atoms with Crippen LogP contribution >= 0.6 is 0 Å². The number of benzene rings is 2. The van der Waals surface area contributed by atoms with Crippen molar-refractivity contribution in [2.24, 2.45) is 0 Å². The first kappa shape index (κ1) is 18.4. The molecule has 0 fully saturated rings. The molecule has 0 aromatic heterocycles. The maximum atomic E-state index is 12.9. The number of esters is 1. The lowest BCUT2D eigenvalue weighted by molar-refractivity contribution is -0.162. The number of hydrogen-bond donors (Lipinski definition) is 1. The van der Waals surface area contributed by atoms with Gasteiger partial charge in [0, 0.05) is 6.54 Å². The molecule has 2 aromatic rings. The molecule has 0 atom stereocenters. The summed E-state index contributed by atoms with van der Waals surface area (Å²) in [6, 6.07) is 14.7. The van der Waals surface area contributed by atoms with Gasteiger partial charge in [-0.15, -0.1) is 0 Å². The van der Waals surface area contributed by atoms with Crippen LogP contribution in [0.4, 0.5) is 4.39 Å². The van der Waals surface area contributed by atoms with Crippen LogP contribution in [0.5, 0.6) is 5.75 Å². The number of carbonyl (C=O) groups excluding carboxylic acids is 2. The lowest BCUT2D eigenvalue weighted by atomic mass is 10.1. The van der Waals surface area contributed by atoms with E-state index in [1.54, 1.807) is 0 Å². The Balaban J connectivity index is 1.79. The van der Waals surface area contributed by atoms with Crippen LogP contribution in [0.2, 0.25) is 0 Å². The summed E-state index contributed by atoms with van der Waals surface area (Å²) >= 11 is 0. The molecule has 0 spiro atoms. The van der Waals surface area contributed by atoms with Crippen LogP contribution in [0, 0.1) is 5.82 Å². The van der Waals surface area contributed by atoms with Crippen molar-refractivity contribution < 1.29 is 23.5 Å². The molecule has 0 radical (unpaired) electrons. The highest BCUT2D eigenvalue weighted by Crippen LogP contribution is 2.19. The predicted molar refractivity (Wildman–Crippen MR) is 90.4 cm³/mol. The summed E-state index contributed by atoms with van der Waals surface area (Å²) in [5, 5.41) is 2.66. The van der Waals surface area contributed by atoms with E-state index in [9.17, 15) is 14.0 Å². The van der Waals surface area contributed by atoms with Crippen molar-refractivity contribution in [1.82, 2.24) is 5.32 Å². The Bertz CT molecular complexity index is 714. The van der Waals surface area contributed by atoms with Gasteiger partial charge in [0.05, 0.1) is 0 Å². The standard InChI is InChI=1S/C19H20FNO4/c1-19(2,25-16-10-8-15(20)9-11-16)18(23)24-13-17(22)21-12-14-6-4-3-5-7-14/h3-11H,12-13H2,1-2H3,(H,21,22). The van der Waals surface area contributed by atoms with Crippen LogP contribution in [0.25, 0.3) is 0 Å². The third-order valence-electron chi connectivity index (χ3n) is 3.35. The first-order chi connectivity index (χ1) is 11.9. The summed E-state index contributed by atoms with van der Waals surface area (Å²) in [6.07, 6.45) is 0. The molecular formula is C19H20FNO4. The molecule has 0 saturated heterocycles. The minimum absolute atomic E-state index is 0.330. The zero-order valence-electron chi connectivity index (χ0n) is 14.1. The monoisotopic (exact) mass is 345 g/mol. The largest absolute Gasteiger partial charge is 0.476 e. The molecule has 0 aliphatic rings. The molecule has 2 aromatic carbocycles. The number of rotatable bonds is 7. The minimum atomic E-state index is -1.31. The van der Waals surface area contributed by atoms with E-state index in [2.05, 4.69) is 5.32 Å². The van der Waals surface area contributed by atoms with Crippen LogP contribution in [0.1, 0.15) is 19.4 Å². The summed E-state index contributed by atoms with van der Waals surface area (Å²) in [4.78, 5) is 23.9. The summed E-state index contributed by atoms with van der Waals surface area (Å²) in [6.45, 7) is 2.98. The average molecular weight is 345 g/mol. The first-order valence-electron chi connectivity index (χ1n) is 7.79. The molecule has 0 aliphatic heterocycles. The van der Waals surface area contributed by atoms with Crippen molar-refractivity contribution in [3.05, 3.63) is 66.0 Å². The van der Waals surface area contributed by atoms with E-state index in [0.717, 1.165) is 5.56 Å². The van der Waals surface area contributed by atoms with Crippen LogP contribution in [0.3, 0.4) is 0 Å². The molecule has 0 saturated carbocycles. The Hall–Kier alpha value is -2.89. The van der Waals surface area contributed by atoms with E-state index in [4.69, 9.17) is 9.47 Å². The Morgan fingerprint density at radius 1 is 1.04 bits per heavy atom. The van der Waals surface area contributed by atoms with Gasteiger partial charge >= 0.3 is 5.97 Å². The first-order valence-corrected chi connectivity index (χ1v) is 7.79. The molecule has 0 aliphatic carbocycles. The molecule has 0 heterocycles. The Kier molecular flexibility index (Phi) is 6.11. The van der Waals surface area contributed by atoms with Crippen LogP contribution in [-0.2, 0) is 20.9 Å². The van der Waals surface area contributed by atoms with E-state index >= 15 is 0 Å². The number of amides is 1. The molecule has 132 valence electrons. The van der Waals surface area contributed by atoms with Crippen molar-refractivity contribution in [1.29, 1.82) is 0 Å². The maximum absolute atomic E-state index is 12.9. The fourth-order valence-electron chi connectivity index (χ4n) is 1.99. The predicted octanol–water partition coefficient (Wildman–Crippen LogP) is 2.84. The van der Waals surface area contributed by atoms with Gasteiger partial charge in [0.2, 0.25) is 0 Å². The Morgan fingerprint density at radius 2 is 1.68 bits per heavy atom. The third-order valence-corrected chi connectivity index (χ3v) is 3.35. The SMILES string of the molecule is CC(C)(Oc1ccc(F)cc1)C(=O)OCC(=O)NCc1ccccc1. The maximum Gasteiger partial charge on any atom is 0.350 e. The third kappa shape index (κ3) is 5.91. The molecule has 25 heavy (non-hydrogen) atoms. The van der Waals surface area contributed by atoms with E-state index in [1.807, 2.05) is 30.3 Å². The number of halogens is 1. The van der Waals surface area contributed by atoms with Gasteiger partial charge in [-0.25, -0.2) is 9.18 Å². The van der Waals surface area contributed by atoms with E-state index < -0.39 is 29.9 Å². The van der Waals surface area contributed by atoms with Crippen LogP contribution in [0.15, 0.2) is 54.6 Å². The Labute approximate surface area is 145 Å². The number of nitrogens with one attached hydrogen (secondary N) is 1. The summed E-state index contributed by atoms with van der Waals surface area (Å²) in [5.74, 6) is -1.17.